The summed E-state index contributed by atoms with van der Waals surface area (Å²) in [6.45, 7) is 15.2. The zero-order valence-electron chi connectivity index (χ0n) is 18.0. The van der Waals surface area contributed by atoms with Gasteiger partial charge in [0, 0.05) is 0 Å². The van der Waals surface area contributed by atoms with Crippen LogP contribution >= 0.6 is 0 Å². The lowest BCUT2D eigenvalue weighted by Crippen LogP contribution is -2.35. The van der Waals surface area contributed by atoms with Gasteiger partial charge in [-0.3, -0.25) is 0 Å². The van der Waals surface area contributed by atoms with Crippen molar-refractivity contribution in [2.45, 2.75) is 73.6 Å². The van der Waals surface area contributed by atoms with Crippen molar-refractivity contribution in [3.63, 3.8) is 0 Å². The number of rotatable bonds is 10. The van der Waals surface area contributed by atoms with Crippen molar-refractivity contribution >= 4 is 0 Å². The minimum atomic E-state index is 0.00530. The molecule has 0 aliphatic rings. The molecule has 0 fully saturated rings. The summed E-state index contributed by atoms with van der Waals surface area (Å²) >= 11 is 0. The highest BCUT2D eigenvalue weighted by molar-refractivity contribution is 5.19. The van der Waals surface area contributed by atoms with E-state index in [1.165, 1.54) is 24.0 Å². The van der Waals surface area contributed by atoms with E-state index >= 15 is 0 Å². The van der Waals surface area contributed by atoms with Crippen LogP contribution in [0.15, 0.2) is 60.4 Å². The maximum atomic E-state index is 6.57. The van der Waals surface area contributed by atoms with Gasteiger partial charge < -0.3 is 4.74 Å². The summed E-state index contributed by atoms with van der Waals surface area (Å²) < 4.78 is 11.1. The highest BCUT2D eigenvalue weighted by Gasteiger charge is 2.21. The number of benzene rings is 1. The fraction of sp³-hybridized carbons (Fsp3) is 0.542. The van der Waals surface area contributed by atoms with Crippen LogP contribution in [0.3, 0.4) is 0 Å². The van der Waals surface area contributed by atoms with Crippen LogP contribution in [-0.2, 0) is 17.8 Å². The molecular formula is C24H37N2O+. The third kappa shape index (κ3) is 6.27. The Labute approximate surface area is 165 Å². The molecule has 0 aliphatic heterocycles. The first-order valence-corrected chi connectivity index (χ1v) is 10.4. The van der Waals surface area contributed by atoms with E-state index < -0.39 is 0 Å². The van der Waals surface area contributed by atoms with Crippen LogP contribution in [0.25, 0.3) is 0 Å². The van der Waals surface area contributed by atoms with Crippen LogP contribution in [0.1, 0.15) is 66.1 Å². The van der Waals surface area contributed by atoms with Crippen molar-refractivity contribution in [2.75, 3.05) is 0 Å². The Kier molecular flexibility index (Phi) is 8.15. The Morgan fingerprint density at radius 3 is 2.33 bits per heavy atom. The average Bonchev–Trinajstić information content (AvgIpc) is 3.07. The Balaban J connectivity index is 2.25. The standard InChI is InChI=1S/C24H37N2O/c1-7-8-14-25-15-16-26(18-25)17-23(22-12-10-9-11-13-22)27-21(6)24(19(2)3)20(4)5/h9-13,15-16,18-20,23H,7-8,14,17H2,1-6H3/q+1. The normalized spacial score (nSPS) is 12.4. The number of imidazole rings is 1. The Bertz CT molecular complexity index is 703. The number of ether oxygens (including phenoxy) is 1. The highest BCUT2D eigenvalue weighted by Crippen LogP contribution is 2.28. The molecule has 2 rings (SSSR count). The number of aromatic nitrogens is 2. The molecule has 0 bridgehead atoms. The van der Waals surface area contributed by atoms with Crippen LogP contribution < -0.4 is 4.57 Å². The first-order valence-electron chi connectivity index (χ1n) is 10.4. The zero-order valence-corrected chi connectivity index (χ0v) is 18.0. The van der Waals surface area contributed by atoms with Gasteiger partial charge in [-0.15, -0.1) is 0 Å². The Morgan fingerprint density at radius 2 is 1.74 bits per heavy atom. The van der Waals surface area contributed by atoms with E-state index in [0.717, 1.165) is 18.8 Å². The van der Waals surface area contributed by atoms with E-state index in [-0.39, 0.29) is 6.10 Å². The molecule has 1 aromatic carbocycles. The van der Waals surface area contributed by atoms with Crippen LogP contribution in [0, 0.1) is 11.8 Å². The summed E-state index contributed by atoms with van der Waals surface area (Å²) in [5.41, 5.74) is 2.62. The van der Waals surface area contributed by atoms with E-state index in [9.17, 15) is 0 Å². The third-order valence-corrected chi connectivity index (χ3v) is 5.03. The number of allylic oxidation sites excluding steroid dienone is 2. The molecule has 1 aromatic heterocycles. The molecule has 1 heterocycles. The first-order chi connectivity index (χ1) is 12.9. The molecular weight excluding hydrogens is 332 g/mol. The molecule has 2 aromatic rings. The summed E-state index contributed by atoms with van der Waals surface area (Å²) in [7, 11) is 0. The van der Waals surface area contributed by atoms with Gasteiger partial charge in [0.05, 0.1) is 12.3 Å². The molecule has 1 unspecified atom stereocenters. The molecule has 0 amide bonds. The predicted octanol–water partition coefficient (Wildman–Crippen LogP) is 5.92. The van der Waals surface area contributed by atoms with Crippen LogP contribution in [0.2, 0.25) is 0 Å². The fourth-order valence-corrected chi connectivity index (χ4v) is 3.85. The molecule has 0 spiro atoms. The number of unbranched alkanes of at least 4 members (excludes halogenated alkanes) is 1. The molecule has 27 heavy (non-hydrogen) atoms. The van der Waals surface area contributed by atoms with E-state index in [4.69, 9.17) is 4.74 Å². The number of hydrogen-bond acceptors (Lipinski definition) is 1. The Morgan fingerprint density at radius 1 is 1.07 bits per heavy atom. The van der Waals surface area contributed by atoms with Gasteiger partial charge in [0.1, 0.15) is 18.9 Å². The summed E-state index contributed by atoms with van der Waals surface area (Å²) in [5.74, 6) is 2.05. The molecule has 0 aliphatic carbocycles. The minimum Gasteiger partial charge on any atom is -0.486 e. The zero-order chi connectivity index (χ0) is 19.8. The van der Waals surface area contributed by atoms with Crippen molar-refractivity contribution in [3.8, 4) is 0 Å². The van der Waals surface area contributed by atoms with Gasteiger partial charge in [-0.1, -0.05) is 71.4 Å². The lowest BCUT2D eigenvalue weighted by Gasteiger charge is -2.24. The molecule has 3 nitrogen and oxygen atoms in total. The predicted molar refractivity (Wildman–Crippen MR) is 112 cm³/mol. The monoisotopic (exact) mass is 369 g/mol. The number of nitrogens with zero attached hydrogens (tertiary/aromatic N) is 2. The van der Waals surface area contributed by atoms with Gasteiger partial charge in [0.25, 0.3) is 0 Å². The van der Waals surface area contributed by atoms with Crippen molar-refractivity contribution in [2.24, 2.45) is 11.8 Å². The summed E-state index contributed by atoms with van der Waals surface area (Å²) in [4.78, 5) is 0. The average molecular weight is 370 g/mol. The molecule has 1 atom stereocenters. The molecule has 0 N–H and O–H groups in total. The molecule has 3 heteroatoms. The second kappa shape index (κ2) is 10.3. The van der Waals surface area contributed by atoms with E-state index in [2.05, 4.69) is 99.7 Å². The van der Waals surface area contributed by atoms with Gasteiger partial charge in [-0.25, -0.2) is 9.13 Å². The molecule has 0 saturated carbocycles. The van der Waals surface area contributed by atoms with Gasteiger partial charge in [-0.2, -0.15) is 0 Å². The van der Waals surface area contributed by atoms with Crippen LogP contribution in [0.4, 0.5) is 0 Å². The summed E-state index contributed by atoms with van der Waals surface area (Å²) in [6.07, 6.45) is 8.94. The third-order valence-electron chi connectivity index (χ3n) is 5.03. The van der Waals surface area contributed by atoms with E-state index in [1.54, 1.807) is 0 Å². The molecule has 0 saturated heterocycles. The molecule has 0 radical (unpaired) electrons. The molecule has 148 valence electrons. The maximum absolute atomic E-state index is 6.57. The second-order valence-corrected chi connectivity index (χ2v) is 8.04. The van der Waals surface area contributed by atoms with E-state index in [1.807, 2.05) is 0 Å². The van der Waals surface area contributed by atoms with Gasteiger partial charge in [0.2, 0.25) is 6.33 Å². The van der Waals surface area contributed by atoms with Crippen LogP contribution in [0.5, 0.6) is 0 Å². The van der Waals surface area contributed by atoms with Crippen molar-refractivity contribution in [3.05, 3.63) is 65.9 Å². The van der Waals surface area contributed by atoms with Crippen molar-refractivity contribution in [1.29, 1.82) is 0 Å². The SMILES string of the molecule is CCCCn1cc[n+](CC(OC(C)=C(C(C)C)C(C)C)c2ccccc2)c1. The maximum Gasteiger partial charge on any atom is 0.243 e. The smallest absolute Gasteiger partial charge is 0.243 e. The number of hydrogen-bond donors (Lipinski definition) is 0. The van der Waals surface area contributed by atoms with Crippen LogP contribution in [-0.4, -0.2) is 4.57 Å². The Hall–Kier alpha value is -2.03. The minimum absolute atomic E-state index is 0.00530. The van der Waals surface area contributed by atoms with Gasteiger partial charge in [0.15, 0.2) is 6.10 Å². The number of aryl methyl sites for hydroxylation is 1. The van der Waals surface area contributed by atoms with Crippen molar-refractivity contribution in [1.82, 2.24) is 4.57 Å². The van der Waals surface area contributed by atoms with Gasteiger partial charge >= 0.3 is 0 Å². The summed E-state index contributed by atoms with van der Waals surface area (Å²) in [5, 5.41) is 0. The van der Waals surface area contributed by atoms with Gasteiger partial charge in [-0.05, 0) is 36.3 Å². The lowest BCUT2D eigenvalue weighted by molar-refractivity contribution is -0.704. The first kappa shape index (κ1) is 21.3. The quantitative estimate of drug-likeness (QED) is 0.375. The topological polar surface area (TPSA) is 18.0 Å². The lowest BCUT2D eigenvalue weighted by atomic mass is 9.91. The van der Waals surface area contributed by atoms with Crippen molar-refractivity contribution < 1.29 is 9.30 Å². The fourth-order valence-electron chi connectivity index (χ4n) is 3.85. The highest BCUT2D eigenvalue weighted by atomic mass is 16.5. The largest absolute Gasteiger partial charge is 0.486 e. The van der Waals surface area contributed by atoms with E-state index in [0.29, 0.717) is 11.8 Å². The summed E-state index contributed by atoms with van der Waals surface area (Å²) in [6, 6.07) is 10.6. The second-order valence-electron chi connectivity index (χ2n) is 8.04.